The summed E-state index contributed by atoms with van der Waals surface area (Å²) in [6.07, 6.45) is 5.26. The van der Waals surface area contributed by atoms with E-state index in [9.17, 15) is 9.90 Å². The lowest BCUT2D eigenvalue weighted by molar-refractivity contribution is -0.142. The summed E-state index contributed by atoms with van der Waals surface area (Å²) in [7, 11) is 1.65. The van der Waals surface area contributed by atoms with E-state index < -0.39 is 5.97 Å². The van der Waals surface area contributed by atoms with Crippen LogP contribution in [0.25, 0.3) is 0 Å². The lowest BCUT2D eigenvalue weighted by atomic mass is 9.80. The molecule has 3 atom stereocenters. The Labute approximate surface area is 131 Å². The summed E-state index contributed by atoms with van der Waals surface area (Å²) in [4.78, 5) is 12.6. The van der Waals surface area contributed by atoms with Gasteiger partial charge < -0.3 is 9.84 Å². The molecule has 0 aliphatic heterocycles. The van der Waals surface area contributed by atoms with E-state index in [0.29, 0.717) is 5.92 Å². The van der Waals surface area contributed by atoms with Gasteiger partial charge in [-0.3, -0.25) is 4.79 Å². The molecule has 1 fully saturated rings. The molecule has 1 aliphatic rings. The zero-order valence-electron chi connectivity index (χ0n) is 12.7. The fourth-order valence-electron chi connectivity index (χ4n) is 3.14. The normalized spacial score (nSPS) is 25.5. The SMILES string of the molecule is CCCC1CCC(C(=O)O)C(Sc2cccc(OC)c2)C1. The molecule has 116 valence electrons. The van der Waals surface area contributed by atoms with Gasteiger partial charge in [0.25, 0.3) is 0 Å². The van der Waals surface area contributed by atoms with Crippen molar-refractivity contribution in [2.24, 2.45) is 11.8 Å². The maximum absolute atomic E-state index is 11.5. The molecule has 1 aliphatic carbocycles. The molecule has 0 radical (unpaired) electrons. The van der Waals surface area contributed by atoms with Gasteiger partial charge in [-0.25, -0.2) is 0 Å². The van der Waals surface area contributed by atoms with Crippen molar-refractivity contribution in [2.75, 3.05) is 7.11 Å². The second kappa shape index (κ2) is 7.74. The van der Waals surface area contributed by atoms with Gasteiger partial charge in [-0.2, -0.15) is 0 Å². The Morgan fingerprint density at radius 1 is 1.43 bits per heavy atom. The van der Waals surface area contributed by atoms with Crippen molar-refractivity contribution >= 4 is 17.7 Å². The van der Waals surface area contributed by atoms with Crippen molar-refractivity contribution in [3.05, 3.63) is 24.3 Å². The van der Waals surface area contributed by atoms with E-state index in [1.807, 2.05) is 24.3 Å². The van der Waals surface area contributed by atoms with Crippen LogP contribution in [0.2, 0.25) is 0 Å². The number of hydrogen-bond acceptors (Lipinski definition) is 3. The maximum Gasteiger partial charge on any atom is 0.307 e. The van der Waals surface area contributed by atoms with E-state index in [4.69, 9.17) is 4.74 Å². The monoisotopic (exact) mass is 308 g/mol. The highest BCUT2D eigenvalue weighted by Crippen LogP contribution is 2.42. The smallest absolute Gasteiger partial charge is 0.307 e. The predicted octanol–water partition coefficient (Wildman–Crippen LogP) is 4.46. The second-order valence-corrected chi connectivity index (χ2v) is 7.06. The minimum atomic E-state index is -0.648. The van der Waals surface area contributed by atoms with Crippen LogP contribution in [-0.2, 0) is 4.79 Å². The predicted molar refractivity (Wildman–Crippen MR) is 86.0 cm³/mol. The zero-order valence-corrected chi connectivity index (χ0v) is 13.6. The first kappa shape index (κ1) is 16.2. The summed E-state index contributed by atoms with van der Waals surface area (Å²) in [5.41, 5.74) is 0. The number of carboxylic acid groups (broad SMARTS) is 1. The Kier molecular flexibility index (Phi) is 5.97. The number of methoxy groups -OCH3 is 1. The third kappa shape index (κ3) is 4.40. The van der Waals surface area contributed by atoms with Crippen LogP contribution in [0.5, 0.6) is 5.75 Å². The van der Waals surface area contributed by atoms with Crippen LogP contribution in [0.1, 0.15) is 39.0 Å². The molecular weight excluding hydrogens is 284 g/mol. The van der Waals surface area contributed by atoms with Crippen molar-refractivity contribution in [3.63, 3.8) is 0 Å². The zero-order chi connectivity index (χ0) is 15.2. The summed E-state index contributed by atoms with van der Waals surface area (Å²) < 4.78 is 5.25. The van der Waals surface area contributed by atoms with Crippen LogP contribution >= 0.6 is 11.8 Å². The molecule has 4 heteroatoms. The number of hydrogen-bond donors (Lipinski definition) is 1. The van der Waals surface area contributed by atoms with Crippen molar-refractivity contribution in [1.82, 2.24) is 0 Å². The van der Waals surface area contributed by atoms with Gasteiger partial charge >= 0.3 is 5.97 Å². The van der Waals surface area contributed by atoms with Gasteiger partial charge in [0.05, 0.1) is 13.0 Å². The lowest BCUT2D eigenvalue weighted by Gasteiger charge is -2.33. The number of carbonyl (C=O) groups is 1. The van der Waals surface area contributed by atoms with Crippen molar-refractivity contribution < 1.29 is 14.6 Å². The standard InChI is InChI=1S/C17H24O3S/c1-3-5-12-8-9-15(17(18)19)16(10-12)21-14-7-4-6-13(11-14)20-2/h4,6-7,11-12,15-16H,3,5,8-10H2,1-2H3,(H,18,19). The van der Waals surface area contributed by atoms with E-state index in [1.54, 1.807) is 18.9 Å². The number of thioether (sulfide) groups is 1. The maximum atomic E-state index is 11.5. The van der Waals surface area contributed by atoms with Crippen LogP contribution in [0.3, 0.4) is 0 Å². The molecular formula is C17H24O3S. The molecule has 3 unspecified atom stereocenters. The van der Waals surface area contributed by atoms with E-state index in [1.165, 1.54) is 12.8 Å². The average molecular weight is 308 g/mol. The fraction of sp³-hybridized carbons (Fsp3) is 0.588. The molecule has 2 rings (SSSR count). The van der Waals surface area contributed by atoms with Gasteiger partial charge in [0, 0.05) is 10.1 Å². The molecule has 1 saturated carbocycles. The number of aliphatic carboxylic acids is 1. The molecule has 0 aromatic heterocycles. The summed E-state index contributed by atoms with van der Waals surface area (Å²) in [6, 6.07) is 7.91. The first-order valence-corrected chi connectivity index (χ1v) is 8.55. The van der Waals surface area contributed by atoms with E-state index in [2.05, 4.69) is 6.92 Å². The molecule has 1 aromatic carbocycles. The fourth-order valence-corrected chi connectivity index (χ4v) is 4.62. The van der Waals surface area contributed by atoms with Gasteiger partial charge in [0.2, 0.25) is 0 Å². The Balaban J connectivity index is 2.09. The highest BCUT2D eigenvalue weighted by Gasteiger charge is 2.35. The molecule has 0 spiro atoms. The van der Waals surface area contributed by atoms with Crippen molar-refractivity contribution in [3.8, 4) is 5.75 Å². The molecule has 0 bridgehead atoms. The Bertz CT molecular complexity index is 475. The quantitative estimate of drug-likeness (QED) is 0.843. The third-order valence-corrected chi connectivity index (χ3v) is 5.59. The number of benzene rings is 1. The van der Waals surface area contributed by atoms with Gasteiger partial charge in [-0.15, -0.1) is 11.8 Å². The number of ether oxygens (including phenoxy) is 1. The lowest BCUT2D eigenvalue weighted by Crippen LogP contribution is -2.32. The van der Waals surface area contributed by atoms with Crippen molar-refractivity contribution in [1.29, 1.82) is 0 Å². The molecule has 1 N–H and O–H groups in total. The minimum Gasteiger partial charge on any atom is -0.497 e. The largest absolute Gasteiger partial charge is 0.497 e. The average Bonchev–Trinajstić information content (AvgIpc) is 2.48. The highest BCUT2D eigenvalue weighted by atomic mass is 32.2. The Morgan fingerprint density at radius 2 is 2.24 bits per heavy atom. The number of rotatable bonds is 6. The summed E-state index contributed by atoms with van der Waals surface area (Å²) >= 11 is 1.70. The van der Waals surface area contributed by atoms with Gasteiger partial charge in [0.1, 0.15) is 5.75 Å². The van der Waals surface area contributed by atoms with Crippen LogP contribution in [0, 0.1) is 11.8 Å². The van der Waals surface area contributed by atoms with E-state index in [-0.39, 0.29) is 11.2 Å². The summed E-state index contributed by atoms with van der Waals surface area (Å²) in [6.45, 7) is 2.20. The third-order valence-electron chi connectivity index (χ3n) is 4.24. The molecule has 1 aromatic rings. The van der Waals surface area contributed by atoms with E-state index >= 15 is 0 Å². The van der Waals surface area contributed by atoms with Crippen LogP contribution in [-0.4, -0.2) is 23.4 Å². The molecule has 21 heavy (non-hydrogen) atoms. The van der Waals surface area contributed by atoms with E-state index in [0.717, 1.165) is 29.9 Å². The molecule has 0 heterocycles. The van der Waals surface area contributed by atoms with Crippen LogP contribution in [0.15, 0.2) is 29.2 Å². The van der Waals surface area contributed by atoms with Gasteiger partial charge in [-0.1, -0.05) is 25.8 Å². The van der Waals surface area contributed by atoms with Crippen LogP contribution < -0.4 is 4.74 Å². The second-order valence-electron chi connectivity index (χ2n) is 5.75. The Morgan fingerprint density at radius 3 is 2.90 bits per heavy atom. The minimum absolute atomic E-state index is 0.167. The van der Waals surface area contributed by atoms with Gasteiger partial charge in [-0.05, 0) is 43.4 Å². The highest BCUT2D eigenvalue weighted by molar-refractivity contribution is 8.00. The summed E-state index contributed by atoms with van der Waals surface area (Å²) in [5.74, 6) is 0.626. The first-order chi connectivity index (χ1) is 10.1. The molecule has 0 amide bonds. The Hall–Kier alpha value is -1.16. The topological polar surface area (TPSA) is 46.5 Å². The first-order valence-electron chi connectivity index (χ1n) is 7.67. The van der Waals surface area contributed by atoms with Crippen molar-refractivity contribution in [2.45, 2.75) is 49.2 Å². The summed E-state index contributed by atoms with van der Waals surface area (Å²) in [5, 5.41) is 9.63. The number of carboxylic acids is 1. The molecule has 0 saturated heterocycles. The van der Waals surface area contributed by atoms with Crippen LogP contribution in [0.4, 0.5) is 0 Å². The molecule has 3 nitrogen and oxygen atoms in total. The van der Waals surface area contributed by atoms with Gasteiger partial charge in [0.15, 0.2) is 0 Å².